The van der Waals surface area contributed by atoms with Crippen LogP contribution in [0.1, 0.15) is 29.9 Å². The molecule has 2 aromatic heterocycles. The van der Waals surface area contributed by atoms with Gasteiger partial charge in [-0.1, -0.05) is 11.2 Å². The standard InChI is InChI=1S/C15H16N4OS/c1-10(11-2-3-13-14(8-11)18-21-17-13)19-6-4-12-9-16-20-15(12)5-7-19/h2-3,8-10H,4-7H2,1H3. The lowest BCUT2D eigenvalue weighted by Gasteiger charge is -2.27. The largest absolute Gasteiger partial charge is 0.361 e. The average Bonchev–Trinajstić information content (AvgIpc) is 3.11. The zero-order chi connectivity index (χ0) is 14.2. The van der Waals surface area contributed by atoms with Crippen molar-refractivity contribution in [3.8, 4) is 0 Å². The highest BCUT2D eigenvalue weighted by Gasteiger charge is 2.22. The van der Waals surface area contributed by atoms with Gasteiger partial charge in [-0.05, 0) is 31.0 Å². The molecule has 0 spiro atoms. The van der Waals surface area contributed by atoms with Crippen LogP contribution in [0.15, 0.2) is 28.9 Å². The first-order valence-electron chi connectivity index (χ1n) is 7.20. The highest BCUT2D eigenvalue weighted by atomic mass is 32.1. The molecule has 4 rings (SSSR count). The maximum absolute atomic E-state index is 5.32. The van der Waals surface area contributed by atoms with Crippen LogP contribution in [0.25, 0.3) is 11.0 Å². The Morgan fingerprint density at radius 3 is 3.00 bits per heavy atom. The fraction of sp³-hybridized carbons (Fsp3) is 0.400. The van der Waals surface area contributed by atoms with Crippen molar-refractivity contribution in [1.82, 2.24) is 18.8 Å². The minimum Gasteiger partial charge on any atom is -0.361 e. The van der Waals surface area contributed by atoms with Gasteiger partial charge in [-0.15, -0.1) is 0 Å². The lowest BCUT2D eigenvalue weighted by atomic mass is 10.1. The van der Waals surface area contributed by atoms with Crippen LogP contribution in [0.2, 0.25) is 0 Å². The molecule has 5 nitrogen and oxygen atoms in total. The number of rotatable bonds is 2. The summed E-state index contributed by atoms with van der Waals surface area (Å²) in [5.74, 6) is 1.05. The summed E-state index contributed by atoms with van der Waals surface area (Å²) in [6.07, 6.45) is 3.79. The van der Waals surface area contributed by atoms with Crippen molar-refractivity contribution >= 4 is 22.8 Å². The molecular weight excluding hydrogens is 284 g/mol. The molecule has 108 valence electrons. The van der Waals surface area contributed by atoms with Crippen LogP contribution < -0.4 is 0 Å². The molecule has 1 unspecified atom stereocenters. The van der Waals surface area contributed by atoms with E-state index in [-0.39, 0.29) is 0 Å². The summed E-state index contributed by atoms with van der Waals surface area (Å²) < 4.78 is 13.9. The molecule has 3 heterocycles. The van der Waals surface area contributed by atoms with E-state index in [1.54, 1.807) is 0 Å². The van der Waals surface area contributed by atoms with E-state index in [4.69, 9.17) is 4.52 Å². The summed E-state index contributed by atoms with van der Waals surface area (Å²) in [4.78, 5) is 2.50. The molecule has 0 N–H and O–H groups in total. The summed E-state index contributed by atoms with van der Waals surface area (Å²) in [6, 6.07) is 6.76. The number of hydrogen-bond donors (Lipinski definition) is 0. The first-order valence-corrected chi connectivity index (χ1v) is 7.93. The lowest BCUT2D eigenvalue weighted by Crippen LogP contribution is -2.29. The minimum absolute atomic E-state index is 0.369. The zero-order valence-electron chi connectivity index (χ0n) is 11.8. The van der Waals surface area contributed by atoms with E-state index in [0.29, 0.717) is 6.04 Å². The smallest absolute Gasteiger partial charge is 0.141 e. The van der Waals surface area contributed by atoms with E-state index < -0.39 is 0 Å². The maximum atomic E-state index is 5.32. The molecule has 0 aliphatic carbocycles. The van der Waals surface area contributed by atoms with E-state index in [2.05, 4.69) is 43.9 Å². The van der Waals surface area contributed by atoms with Crippen molar-refractivity contribution in [2.45, 2.75) is 25.8 Å². The Morgan fingerprint density at radius 2 is 2.05 bits per heavy atom. The highest BCUT2D eigenvalue weighted by molar-refractivity contribution is 7.00. The molecule has 6 heteroatoms. The van der Waals surface area contributed by atoms with Crippen molar-refractivity contribution in [3.63, 3.8) is 0 Å². The summed E-state index contributed by atoms with van der Waals surface area (Å²) in [7, 11) is 0. The molecule has 0 amide bonds. The van der Waals surface area contributed by atoms with Gasteiger partial charge in [0.1, 0.15) is 16.8 Å². The van der Waals surface area contributed by atoms with Gasteiger partial charge in [0.2, 0.25) is 0 Å². The molecule has 1 atom stereocenters. The summed E-state index contributed by atoms with van der Waals surface area (Å²) in [5.41, 5.74) is 4.53. The minimum atomic E-state index is 0.369. The lowest BCUT2D eigenvalue weighted by molar-refractivity contribution is 0.216. The average molecular weight is 300 g/mol. The Balaban J connectivity index is 1.56. The van der Waals surface area contributed by atoms with Crippen molar-refractivity contribution in [3.05, 3.63) is 41.3 Å². The summed E-state index contributed by atoms with van der Waals surface area (Å²) in [6.45, 7) is 4.28. The molecular formula is C15H16N4OS. The van der Waals surface area contributed by atoms with Crippen LogP contribution in [0, 0.1) is 0 Å². The maximum Gasteiger partial charge on any atom is 0.141 e. The molecule has 0 saturated carbocycles. The molecule has 0 radical (unpaired) electrons. The third kappa shape index (κ3) is 2.34. The summed E-state index contributed by atoms with van der Waals surface area (Å²) >= 11 is 1.27. The van der Waals surface area contributed by atoms with Crippen molar-refractivity contribution < 1.29 is 4.52 Å². The second-order valence-corrected chi connectivity index (χ2v) is 6.03. The first kappa shape index (κ1) is 12.9. The van der Waals surface area contributed by atoms with Crippen LogP contribution >= 0.6 is 11.7 Å². The van der Waals surface area contributed by atoms with Crippen molar-refractivity contribution in [2.75, 3.05) is 13.1 Å². The van der Waals surface area contributed by atoms with Gasteiger partial charge in [0.15, 0.2) is 0 Å². The van der Waals surface area contributed by atoms with Gasteiger partial charge in [0, 0.05) is 31.1 Å². The number of aromatic nitrogens is 3. The van der Waals surface area contributed by atoms with Gasteiger partial charge in [0.05, 0.1) is 17.9 Å². The highest BCUT2D eigenvalue weighted by Crippen LogP contribution is 2.26. The molecule has 3 aromatic rings. The predicted octanol–water partition coefficient (Wildman–Crippen LogP) is 2.84. The monoisotopic (exact) mass is 300 g/mol. The van der Waals surface area contributed by atoms with Crippen molar-refractivity contribution in [1.29, 1.82) is 0 Å². The topological polar surface area (TPSA) is 55.1 Å². The van der Waals surface area contributed by atoms with E-state index >= 15 is 0 Å². The number of benzene rings is 1. The Morgan fingerprint density at radius 1 is 1.19 bits per heavy atom. The van der Waals surface area contributed by atoms with Crippen LogP contribution in [0.5, 0.6) is 0 Å². The molecule has 0 bridgehead atoms. The molecule has 1 aliphatic rings. The van der Waals surface area contributed by atoms with Crippen molar-refractivity contribution in [2.24, 2.45) is 0 Å². The van der Waals surface area contributed by atoms with E-state index in [1.807, 2.05) is 6.20 Å². The van der Waals surface area contributed by atoms with Crippen LogP contribution in [0.3, 0.4) is 0 Å². The normalized spacial score (nSPS) is 17.6. The van der Waals surface area contributed by atoms with E-state index in [0.717, 1.165) is 42.7 Å². The van der Waals surface area contributed by atoms with E-state index in [9.17, 15) is 0 Å². The third-order valence-corrected chi connectivity index (χ3v) is 4.89. The molecule has 0 saturated heterocycles. The van der Waals surface area contributed by atoms with Gasteiger partial charge in [-0.2, -0.15) is 8.75 Å². The zero-order valence-corrected chi connectivity index (χ0v) is 12.6. The van der Waals surface area contributed by atoms with Gasteiger partial charge < -0.3 is 4.52 Å². The number of hydrogen-bond acceptors (Lipinski definition) is 6. The fourth-order valence-corrected chi connectivity index (χ4v) is 3.49. The SMILES string of the molecule is CC(c1ccc2nsnc2c1)N1CCc2cnoc2CC1. The van der Waals surface area contributed by atoms with Gasteiger partial charge in [-0.3, -0.25) is 4.90 Å². The van der Waals surface area contributed by atoms with Gasteiger partial charge in [0.25, 0.3) is 0 Å². The summed E-state index contributed by atoms with van der Waals surface area (Å²) in [5, 5.41) is 3.89. The van der Waals surface area contributed by atoms with Gasteiger partial charge >= 0.3 is 0 Å². The second kappa shape index (κ2) is 5.20. The van der Waals surface area contributed by atoms with Gasteiger partial charge in [-0.25, -0.2) is 0 Å². The molecule has 0 fully saturated rings. The molecule has 1 aromatic carbocycles. The van der Waals surface area contributed by atoms with Crippen LogP contribution in [-0.2, 0) is 12.8 Å². The number of fused-ring (bicyclic) bond motifs is 2. The molecule has 1 aliphatic heterocycles. The first-order chi connectivity index (χ1) is 10.3. The third-order valence-electron chi connectivity index (χ3n) is 4.33. The molecule has 21 heavy (non-hydrogen) atoms. The Kier molecular flexibility index (Phi) is 3.20. The fourth-order valence-electron chi connectivity index (χ4n) is 2.97. The predicted molar refractivity (Wildman–Crippen MR) is 81.3 cm³/mol. The quantitative estimate of drug-likeness (QED) is 0.728. The Labute approximate surface area is 126 Å². The van der Waals surface area contributed by atoms with E-state index in [1.165, 1.54) is 22.9 Å². The Hall–Kier alpha value is -1.79. The van der Waals surface area contributed by atoms with Crippen LogP contribution in [-0.4, -0.2) is 31.9 Å². The van der Waals surface area contributed by atoms with Crippen LogP contribution in [0.4, 0.5) is 0 Å². The Bertz CT molecular complexity index is 743. The number of nitrogens with zero attached hydrogens (tertiary/aromatic N) is 4. The second-order valence-electron chi connectivity index (χ2n) is 5.50.